The van der Waals surface area contributed by atoms with E-state index in [1.165, 1.54) is 6.07 Å². The van der Waals surface area contributed by atoms with Crippen molar-refractivity contribution >= 4 is 11.6 Å². The molecule has 0 aromatic heterocycles. The van der Waals surface area contributed by atoms with Crippen LogP contribution in [0.25, 0.3) is 0 Å². The van der Waals surface area contributed by atoms with Gasteiger partial charge in [0, 0.05) is 12.6 Å². The molecule has 1 fully saturated rings. The van der Waals surface area contributed by atoms with E-state index in [1.54, 1.807) is 6.07 Å². The first-order chi connectivity index (χ1) is 9.97. The second-order valence-electron chi connectivity index (χ2n) is 6.24. The molecule has 1 aromatic carbocycles. The highest BCUT2D eigenvalue weighted by molar-refractivity contribution is 6.30. The van der Waals surface area contributed by atoms with E-state index in [-0.39, 0.29) is 22.5 Å². The average Bonchev–Trinajstić information content (AvgIpc) is 2.46. The summed E-state index contributed by atoms with van der Waals surface area (Å²) in [6, 6.07) is 4.80. The molecule has 21 heavy (non-hydrogen) atoms. The fourth-order valence-electron chi connectivity index (χ4n) is 3.27. The molecular weight excluding hydrogens is 289 g/mol. The first kappa shape index (κ1) is 16.7. The monoisotopic (exact) mass is 313 g/mol. The van der Waals surface area contributed by atoms with Crippen molar-refractivity contribution < 1.29 is 9.13 Å². The van der Waals surface area contributed by atoms with Crippen LogP contribution in [0.15, 0.2) is 18.2 Å². The topological polar surface area (TPSA) is 35.2 Å². The summed E-state index contributed by atoms with van der Waals surface area (Å²) in [6.45, 7) is 4.95. The number of hydrogen-bond acceptors (Lipinski definition) is 2. The Morgan fingerprint density at radius 2 is 2.10 bits per heavy atom. The Morgan fingerprint density at radius 1 is 1.43 bits per heavy atom. The molecule has 1 saturated carbocycles. The fourth-order valence-corrected chi connectivity index (χ4v) is 3.38. The van der Waals surface area contributed by atoms with E-state index < -0.39 is 0 Å². The molecule has 118 valence electrons. The second-order valence-corrected chi connectivity index (χ2v) is 6.65. The third kappa shape index (κ3) is 3.97. The van der Waals surface area contributed by atoms with Crippen molar-refractivity contribution in [3.05, 3.63) is 34.6 Å². The van der Waals surface area contributed by atoms with E-state index in [0.717, 1.165) is 37.2 Å². The summed E-state index contributed by atoms with van der Waals surface area (Å²) >= 11 is 5.73. The molecule has 0 heterocycles. The van der Waals surface area contributed by atoms with Crippen LogP contribution in [0.5, 0.6) is 0 Å². The summed E-state index contributed by atoms with van der Waals surface area (Å²) in [5, 5.41) is 0.151. The van der Waals surface area contributed by atoms with Crippen LogP contribution in [0.4, 0.5) is 4.39 Å². The Hall–Kier alpha value is -0.640. The average molecular weight is 314 g/mol. The van der Waals surface area contributed by atoms with Crippen LogP contribution in [0, 0.1) is 11.7 Å². The van der Waals surface area contributed by atoms with Crippen molar-refractivity contribution in [2.75, 3.05) is 6.61 Å². The zero-order valence-electron chi connectivity index (χ0n) is 12.9. The lowest BCUT2D eigenvalue weighted by atomic mass is 9.74. The first-order valence-corrected chi connectivity index (χ1v) is 8.18. The van der Waals surface area contributed by atoms with Gasteiger partial charge in [-0.2, -0.15) is 0 Å². The molecular formula is C17H25ClFNO. The maximum absolute atomic E-state index is 13.6. The summed E-state index contributed by atoms with van der Waals surface area (Å²) in [5.74, 6) is 0.350. The smallest absolute Gasteiger partial charge is 0.142 e. The second kappa shape index (κ2) is 7.08. The van der Waals surface area contributed by atoms with Gasteiger partial charge in [0.1, 0.15) is 5.82 Å². The molecule has 0 aliphatic heterocycles. The third-order valence-corrected chi connectivity index (χ3v) is 4.97. The van der Waals surface area contributed by atoms with Crippen molar-refractivity contribution in [2.45, 2.75) is 57.6 Å². The van der Waals surface area contributed by atoms with E-state index in [2.05, 4.69) is 6.92 Å². The lowest BCUT2D eigenvalue weighted by molar-refractivity contribution is -0.0883. The minimum absolute atomic E-state index is 0.120. The maximum Gasteiger partial charge on any atom is 0.142 e. The zero-order valence-corrected chi connectivity index (χ0v) is 13.6. The molecule has 1 unspecified atom stereocenters. The first-order valence-electron chi connectivity index (χ1n) is 7.80. The molecule has 0 radical (unpaired) electrons. The van der Waals surface area contributed by atoms with Gasteiger partial charge in [0.2, 0.25) is 0 Å². The number of halogens is 2. The normalized spacial score (nSPS) is 27.6. The Balaban J connectivity index is 2.11. The highest BCUT2D eigenvalue weighted by Gasteiger charge is 2.40. The van der Waals surface area contributed by atoms with Crippen LogP contribution in [0.2, 0.25) is 5.02 Å². The lowest BCUT2D eigenvalue weighted by Gasteiger charge is -2.43. The van der Waals surface area contributed by atoms with Crippen molar-refractivity contribution in [3.8, 4) is 0 Å². The highest BCUT2D eigenvalue weighted by atomic mass is 35.5. The molecule has 0 bridgehead atoms. The number of benzene rings is 1. The minimum Gasteiger partial charge on any atom is -0.374 e. The van der Waals surface area contributed by atoms with Crippen molar-refractivity contribution in [2.24, 2.45) is 11.7 Å². The largest absolute Gasteiger partial charge is 0.374 e. The number of ether oxygens (including phenoxy) is 1. The summed E-state index contributed by atoms with van der Waals surface area (Å²) in [5.41, 5.74) is 7.07. The standard InChI is InChI=1S/C17H25ClFNO/c1-3-21-17(8-6-12(2)7-9-17)16(20)11-13-4-5-14(18)15(19)10-13/h4-5,10,12,16H,3,6-9,11,20H2,1-2H3. The van der Waals surface area contributed by atoms with Crippen LogP contribution in [-0.2, 0) is 11.2 Å². The summed E-state index contributed by atoms with van der Waals surface area (Å²) in [4.78, 5) is 0. The molecule has 0 spiro atoms. The molecule has 2 N–H and O–H groups in total. The molecule has 0 amide bonds. The van der Waals surface area contributed by atoms with Crippen LogP contribution in [-0.4, -0.2) is 18.2 Å². The van der Waals surface area contributed by atoms with Gasteiger partial charge in [0.05, 0.1) is 10.6 Å². The van der Waals surface area contributed by atoms with Crippen molar-refractivity contribution in [1.29, 1.82) is 0 Å². The molecule has 4 heteroatoms. The Labute approximate surface area is 131 Å². The molecule has 1 atom stereocenters. The molecule has 1 aliphatic carbocycles. The predicted octanol–water partition coefficient (Wildman–Crippen LogP) is 4.33. The van der Waals surface area contributed by atoms with E-state index in [1.807, 2.05) is 13.0 Å². The summed E-state index contributed by atoms with van der Waals surface area (Å²) in [7, 11) is 0. The SMILES string of the molecule is CCOC1(C(N)Cc2ccc(Cl)c(F)c2)CCC(C)CC1. The van der Waals surface area contributed by atoms with E-state index in [9.17, 15) is 4.39 Å². The summed E-state index contributed by atoms with van der Waals surface area (Å²) in [6.07, 6.45) is 4.87. The predicted molar refractivity (Wildman–Crippen MR) is 85.1 cm³/mol. The van der Waals surface area contributed by atoms with Crippen LogP contribution in [0.1, 0.15) is 45.1 Å². The minimum atomic E-state index is -0.385. The van der Waals surface area contributed by atoms with Gasteiger partial charge in [0.15, 0.2) is 0 Å². The van der Waals surface area contributed by atoms with Gasteiger partial charge < -0.3 is 10.5 Å². The van der Waals surface area contributed by atoms with Crippen LogP contribution in [0.3, 0.4) is 0 Å². The number of hydrogen-bond donors (Lipinski definition) is 1. The molecule has 0 saturated heterocycles. The number of nitrogens with two attached hydrogens (primary N) is 1. The Bertz CT molecular complexity index is 472. The van der Waals surface area contributed by atoms with Gasteiger partial charge in [-0.15, -0.1) is 0 Å². The van der Waals surface area contributed by atoms with E-state index in [0.29, 0.717) is 13.0 Å². The van der Waals surface area contributed by atoms with Crippen molar-refractivity contribution in [1.82, 2.24) is 0 Å². The Morgan fingerprint density at radius 3 is 2.67 bits per heavy atom. The summed E-state index contributed by atoms with van der Waals surface area (Å²) < 4.78 is 19.6. The van der Waals surface area contributed by atoms with Gasteiger partial charge in [0.25, 0.3) is 0 Å². The zero-order chi connectivity index (χ0) is 15.5. The van der Waals surface area contributed by atoms with E-state index in [4.69, 9.17) is 22.1 Å². The third-order valence-electron chi connectivity index (χ3n) is 4.67. The molecule has 2 nitrogen and oxygen atoms in total. The Kier molecular flexibility index (Phi) is 5.64. The van der Waals surface area contributed by atoms with Crippen molar-refractivity contribution in [3.63, 3.8) is 0 Å². The maximum atomic E-state index is 13.6. The molecule has 1 aliphatic rings. The van der Waals surface area contributed by atoms with Gasteiger partial charge >= 0.3 is 0 Å². The van der Waals surface area contributed by atoms with Crippen LogP contribution < -0.4 is 5.73 Å². The van der Waals surface area contributed by atoms with Gasteiger partial charge in [-0.05, 0) is 62.6 Å². The number of rotatable bonds is 5. The van der Waals surface area contributed by atoms with Gasteiger partial charge in [-0.25, -0.2) is 4.39 Å². The quantitative estimate of drug-likeness (QED) is 0.878. The van der Waals surface area contributed by atoms with E-state index >= 15 is 0 Å². The van der Waals surface area contributed by atoms with Gasteiger partial charge in [-0.3, -0.25) is 0 Å². The lowest BCUT2D eigenvalue weighted by Crippen LogP contribution is -2.53. The van der Waals surface area contributed by atoms with Crippen LogP contribution >= 0.6 is 11.6 Å². The van der Waals surface area contributed by atoms with Gasteiger partial charge in [-0.1, -0.05) is 24.6 Å². The molecule has 1 aromatic rings. The highest BCUT2D eigenvalue weighted by Crippen LogP contribution is 2.37. The fraction of sp³-hybridized carbons (Fsp3) is 0.647. The molecule has 2 rings (SSSR count).